The molecule has 2 heterocycles. The largest absolute Gasteiger partial charge is 0.465 e. The van der Waals surface area contributed by atoms with Gasteiger partial charge in [-0.15, -0.1) is 0 Å². The van der Waals surface area contributed by atoms with Crippen molar-refractivity contribution in [3.63, 3.8) is 0 Å². The average Bonchev–Trinajstić information content (AvgIpc) is 3.35. The predicted octanol–water partition coefficient (Wildman–Crippen LogP) is 5.39. The number of piperazine rings is 1. The summed E-state index contributed by atoms with van der Waals surface area (Å²) in [4.78, 5) is 40.7. The molecule has 4 rings (SSSR count). The summed E-state index contributed by atoms with van der Waals surface area (Å²) in [5.74, 6) is -0.506. The molecule has 45 heavy (non-hydrogen) atoms. The van der Waals surface area contributed by atoms with Crippen molar-refractivity contribution < 1.29 is 38.0 Å². The van der Waals surface area contributed by atoms with Crippen LogP contribution < -0.4 is 0 Å². The number of carboxylic acid groups (broad SMARTS) is 1. The number of rotatable bonds is 11. The number of nitro groups is 2. The van der Waals surface area contributed by atoms with E-state index in [0.717, 1.165) is 30.1 Å². The molecule has 17 heteroatoms. The van der Waals surface area contributed by atoms with Gasteiger partial charge in [0.2, 0.25) is 0 Å². The summed E-state index contributed by atoms with van der Waals surface area (Å²) in [5, 5.41) is 44.1. The van der Waals surface area contributed by atoms with Crippen LogP contribution in [-0.2, 0) is 12.7 Å². The fourth-order valence-electron chi connectivity index (χ4n) is 4.96. The second-order valence-corrected chi connectivity index (χ2v) is 11.7. The van der Waals surface area contributed by atoms with Crippen LogP contribution in [0.2, 0.25) is 0 Å². The summed E-state index contributed by atoms with van der Waals surface area (Å²) in [6.07, 6.45) is -0.758. The van der Waals surface area contributed by atoms with Gasteiger partial charge in [-0.3, -0.25) is 19.6 Å². The zero-order chi connectivity index (χ0) is 32.9. The number of para-hydroxylation sites is 1. The van der Waals surface area contributed by atoms with Crippen molar-refractivity contribution in [3.8, 4) is 0 Å². The third-order valence-corrected chi connectivity index (χ3v) is 8.14. The number of carbonyl (C=O) groups is 1. The maximum Gasteiger partial charge on any atom is 0.416 e. The van der Waals surface area contributed by atoms with Gasteiger partial charge in [-0.05, 0) is 58.8 Å². The molecule has 1 saturated heterocycles. The molecule has 2 atom stereocenters. The van der Waals surface area contributed by atoms with E-state index in [9.17, 15) is 48.4 Å². The maximum atomic E-state index is 12.9. The van der Waals surface area contributed by atoms with Crippen LogP contribution in [0.5, 0.6) is 0 Å². The molecule has 0 spiro atoms. The molecule has 240 valence electrons. The molecule has 0 bridgehead atoms. The van der Waals surface area contributed by atoms with Crippen LogP contribution in [0.25, 0.3) is 6.08 Å². The molecule has 1 amide bonds. The number of alkyl halides is 3. The first-order valence-corrected chi connectivity index (χ1v) is 14.4. The third kappa shape index (κ3) is 8.80. The Balaban J connectivity index is 1.51. The highest BCUT2D eigenvalue weighted by Gasteiger charge is 2.35. The first-order valence-electron chi connectivity index (χ1n) is 13.5. The predicted molar refractivity (Wildman–Crippen MR) is 157 cm³/mol. The van der Waals surface area contributed by atoms with E-state index in [-0.39, 0.29) is 48.5 Å². The molecular formula is C28H29F3N6O7S. The van der Waals surface area contributed by atoms with Crippen molar-refractivity contribution in [1.82, 2.24) is 19.4 Å². The Morgan fingerprint density at radius 1 is 1.09 bits per heavy atom. The molecule has 1 aromatic heterocycles. The van der Waals surface area contributed by atoms with Gasteiger partial charge in [-0.25, -0.2) is 4.79 Å². The Hall–Kier alpha value is -4.48. The quantitative estimate of drug-likeness (QED) is 0.203. The van der Waals surface area contributed by atoms with Crippen molar-refractivity contribution in [3.05, 3.63) is 92.2 Å². The van der Waals surface area contributed by atoms with Crippen LogP contribution >= 0.6 is 11.8 Å². The number of amides is 1. The second kappa shape index (κ2) is 13.7. The van der Waals surface area contributed by atoms with Gasteiger partial charge in [-0.1, -0.05) is 36.4 Å². The third-order valence-electron chi connectivity index (χ3n) is 7.06. The van der Waals surface area contributed by atoms with Gasteiger partial charge in [0.15, 0.2) is 0 Å². The van der Waals surface area contributed by atoms with Crippen molar-refractivity contribution in [2.75, 3.05) is 26.2 Å². The van der Waals surface area contributed by atoms with E-state index in [1.807, 2.05) is 4.90 Å². The van der Waals surface area contributed by atoms with E-state index in [1.165, 1.54) is 46.7 Å². The second-order valence-electron chi connectivity index (χ2n) is 10.7. The molecule has 3 aromatic rings. The van der Waals surface area contributed by atoms with E-state index in [2.05, 4.69) is 4.98 Å². The van der Waals surface area contributed by atoms with E-state index in [4.69, 9.17) is 0 Å². The van der Waals surface area contributed by atoms with Gasteiger partial charge in [0, 0.05) is 38.3 Å². The van der Waals surface area contributed by atoms with Crippen molar-refractivity contribution >= 4 is 35.4 Å². The number of benzene rings is 2. The number of aromatic nitrogens is 2. The van der Waals surface area contributed by atoms with E-state index in [0.29, 0.717) is 12.0 Å². The molecular weight excluding hydrogens is 621 g/mol. The zero-order valence-electron chi connectivity index (χ0n) is 23.8. The molecule has 0 aliphatic carbocycles. The average molecular weight is 651 g/mol. The number of nitrogens with zero attached hydrogens (tertiary/aromatic N) is 6. The van der Waals surface area contributed by atoms with Crippen LogP contribution in [0.3, 0.4) is 0 Å². The zero-order valence-corrected chi connectivity index (χ0v) is 24.6. The summed E-state index contributed by atoms with van der Waals surface area (Å²) in [5.41, 5.74) is -1.98. The maximum absolute atomic E-state index is 12.9. The number of hydrogen-bond donors (Lipinski definition) is 2. The molecule has 13 nitrogen and oxygen atoms in total. The van der Waals surface area contributed by atoms with E-state index < -0.39 is 45.1 Å². The lowest BCUT2D eigenvalue weighted by Gasteiger charge is -2.43. The molecule has 0 saturated carbocycles. The van der Waals surface area contributed by atoms with Gasteiger partial charge in [-0.2, -0.15) is 13.2 Å². The lowest BCUT2D eigenvalue weighted by molar-refractivity contribution is -0.389. The van der Waals surface area contributed by atoms with E-state index in [1.54, 1.807) is 18.2 Å². The highest BCUT2D eigenvalue weighted by molar-refractivity contribution is 7.99. The minimum absolute atomic E-state index is 0.0286. The Labute approximate surface area is 258 Å². The number of halogens is 3. The van der Waals surface area contributed by atoms with Crippen LogP contribution in [0.1, 0.15) is 24.5 Å². The number of β-amino-alcohol motifs (C(OH)–C–C–N with tert-alkyl or cyclic N) is 1. The standard InChI is InChI=1S/C28H29F3N6O7S/c1-27(40,18-35-16-24(37(43)44)32-25(35)45-23-8-3-2-7-22(23)36(41)42)17-34-14-13-33(26(38)39)15-21(34)6-4-5-19-9-11-20(12-10-19)28(29,30)31/h2-5,7-12,16,21,40H,6,13-15,17-18H2,1H3,(H,38,39)/t21-,27-/m0/s1. The summed E-state index contributed by atoms with van der Waals surface area (Å²) >= 11 is 0.847. The summed E-state index contributed by atoms with van der Waals surface area (Å²) in [7, 11) is 0. The minimum atomic E-state index is -4.46. The Kier molecular flexibility index (Phi) is 10.1. The van der Waals surface area contributed by atoms with E-state index >= 15 is 0 Å². The topological polar surface area (TPSA) is 168 Å². The smallest absolute Gasteiger partial charge is 0.416 e. The Bertz CT molecular complexity index is 1580. The summed E-state index contributed by atoms with van der Waals surface area (Å²) in [6, 6.07) is 10.0. The summed E-state index contributed by atoms with van der Waals surface area (Å²) < 4.78 is 40.0. The molecule has 2 N–H and O–H groups in total. The van der Waals surface area contributed by atoms with Crippen LogP contribution in [0.4, 0.5) is 29.5 Å². The van der Waals surface area contributed by atoms with Gasteiger partial charge in [0.1, 0.15) is 6.20 Å². The minimum Gasteiger partial charge on any atom is -0.465 e. The first-order chi connectivity index (χ1) is 21.1. The SMILES string of the molecule is C[C@](O)(CN1CCN(C(=O)O)C[C@@H]1CC=Cc1ccc(C(F)(F)F)cc1)Cn1cc([N+](=O)[O-])nc1Sc1ccccc1[N+](=O)[O-]. The molecule has 0 radical (unpaired) electrons. The molecule has 1 aliphatic heterocycles. The lowest BCUT2D eigenvalue weighted by Crippen LogP contribution is -2.58. The van der Waals surface area contributed by atoms with Crippen molar-refractivity contribution in [2.24, 2.45) is 0 Å². The van der Waals surface area contributed by atoms with Crippen LogP contribution in [0, 0.1) is 20.2 Å². The molecule has 1 fully saturated rings. The Morgan fingerprint density at radius 2 is 1.78 bits per heavy atom. The van der Waals surface area contributed by atoms with Crippen LogP contribution in [-0.4, -0.2) is 83.3 Å². The van der Waals surface area contributed by atoms with Crippen molar-refractivity contribution in [1.29, 1.82) is 0 Å². The first kappa shape index (κ1) is 33.4. The monoisotopic (exact) mass is 650 g/mol. The fourth-order valence-corrected chi connectivity index (χ4v) is 5.92. The lowest BCUT2D eigenvalue weighted by atomic mass is 10.0. The molecule has 0 unspecified atom stereocenters. The van der Waals surface area contributed by atoms with Gasteiger partial charge < -0.3 is 25.2 Å². The highest BCUT2D eigenvalue weighted by atomic mass is 32.2. The number of nitro benzene ring substituents is 1. The van der Waals surface area contributed by atoms with Crippen LogP contribution in [0.15, 0.2) is 70.9 Å². The Morgan fingerprint density at radius 3 is 2.40 bits per heavy atom. The molecule has 2 aromatic carbocycles. The summed E-state index contributed by atoms with van der Waals surface area (Å²) in [6.45, 7) is 1.91. The number of aliphatic hydroxyl groups is 1. The fraction of sp³-hybridized carbons (Fsp3) is 0.357. The number of imidazole rings is 1. The van der Waals surface area contributed by atoms with Gasteiger partial charge >= 0.3 is 18.1 Å². The normalized spacial score (nSPS) is 17.4. The highest BCUT2D eigenvalue weighted by Crippen LogP contribution is 2.36. The number of hydrogen-bond acceptors (Lipinski definition) is 9. The van der Waals surface area contributed by atoms with Crippen molar-refractivity contribution in [2.45, 2.75) is 47.8 Å². The van der Waals surface area contributed by atoms with Gasteiger partial charge in [0.25, 0.3) is 10.8 Å². The van der Waals surface area contributed by atoms with Gasteiger partial charge in [0.05, 0.1) is 27.5 Å². The molecule has 1 aliphatic rings.